The summed E-state index contributed by atoms with van der Waals surface area (Å²) in [6.45, 7) is 4.04. The minimum absolute atomic E-state index is 0.0308. The first-order valence-electron chi connectivity index (χ1n) is 5.66. The van der Waals surface area contributed by atoms with Crippen LogP contribution in [0.15, 0.2) is 30.6 Å². The molecule has 0 radical (unpaired) electrons. The molecule has 1 N–H and O–H groups in total. The summed E-state index contributed by atoms with van der Waals surface area (Å²) >= 11 is 0. The quantitative estimate of drug-likeness (QED) is 0.880. The molecule has 0 bridgehead atoms. The number of nitrogens with one attached hydrogen (secondary N) is 1. The van der Waals surface area contributed by atoms with Crippen molar-refractivity contribution >= 4 is 22.6 Å². The lowest BCUT2D eigenvalue weighted by molar-refractivity contribution is -0.116. The van der Waals surface area contributed by atoms with E-state index in [1.165, 1.54) is 0 Å². The van der Waals surface area contributed by atoms with Crippen molar-refractivity contribution in [3.05, 3.63) is 30.6 Å². The van der Waals surface area contributed by atoms with E-state index in [0.29, 0.717) is 12.3 Å². The highest BCUT2D eigenvalue weighted by Crippen LogP contribution is 2.15. The molecule has 17 heavy (non-hydrogen) atoms. The predicted octanol–water partition coefficient (Wildman–Crippen LogP) is 2.61. The van der Waals surface area contributed by atoms with Crippen LogP contribution in [0.25, 0.3) is 11.0 Å². The number of carbonyl (C=O) groups is 1. The first kappa shape index (κ1) is 11.5. The van der Waals surface area contributed by atoms with Crippen molar-refractivity contribution in [2.75, 3.05) is 5.32 Å². The normalized spacial score (nSPS) is 10.8. The van der Waals surface area contributed by atoms with Crippen LogP contribution in [-0.4, -0.2) is 15.9 Å². The van der Waals surface area contributed by atoms with Gasteiger partial charge >= 0.3 is 0 Å². The number of carbonyl (C=O) groups excluding carboxylic acids is 1. The summed E-state index contributed by atoms with van der Waals surface area (Å²) in [6, 6.07) is 5.53. The number of nitrogens with zero attached hydrogens (tertiary/aromatic N) is 2. The number of anilines is 1. The van der Waals surface area contributed by atoms with Crippen LogP contribution >= 0.6 is 0 Å². The van der Waals surface area contributed by atoms with Gasteiger partial charge in [-0.2, -0.15) is 0 Å². The third kappa shape index (κ3) is 3.00. The molecule has 2 aromatic rings. The lowest BCUT2D eigenvalue weighted by Gasteiger charge is -2.07. The molecule has 1 aromatic heterocycles. The molecule has 0 aliphatic heterocycles. The molecule has 0 unspecified atom stereocenters. The second-order valence-electron chi connectivity index (χ2n) is 4.41. The van der Waals surface area contributed by atoms with Crippen LogP contribution < -0.4 is 5.32 Å². The highest BCUT2D eigenvalue weighted by Gasteiger charge is 2.05. The Morgan fingerprint density at radius 1 is 1.24 bits per heavy atom. The lowest BCUT2D eigenvalue weighted by Crippen LogP contribution is -2.13. The first-order valence-corrected chi connectivity index (χ1v) is 5.66. The van der Waals surface area contributed by atoms with E-state index in [0.717, 1.165) is 16.7 Å². The SMILES string of the molecule is CC(C)CC(=O)Nc1ccc2nccnc2c1. The zero-order chi connectivity index (χ0) is 12.3. The van der Waals surface area contributed by atoms with E-state index in [1.807, 2.05) is 32.0 Å². The first-order chi connectivity index (χ1) is 8.15. The zero-order valence-electron chi connectivity index (χ0n) is 9.97. The third-order valence-corrected chi connectivity index (χ3v) is 2.35. The van der Waals surface area contributed by atoms with Crippen molar-refractivity contribution in [3.63, 3.8) is 0 Å². The standard InChI is InChI=1S/C13H15N3O/c1-9(2)7-13(17)16-10-3-4-11-12(8-10)15-6-5-14-11/h3-6,8-9H,7H2,1-2H3,(H,16,17). The van der Waals surface area contributed by atoms with Gasteiger partial charge in [0.1, 0.15) is 0 Å². The Bertz CT molecular complexity index is 537. The molecule has 2 rings (SSSR count). The molecule has 88 valence electrons. The van der Waals surface area contributed by atoms with Crippen molar-refractivity contribution in [3.8, 4) is 0 Å². The fourth-order valence-corrected chi connectivity index (χ4v) is 1.62. The van der Waals surface area contributed by atoms with Gasteiger partial charge in [-0.15, -0.1) is 0 Å². The Hall–Kier alpha value is -1.97. The Balaban J connectivity index is 2.17. The molecule has 0 aliphatic carbocycles. The molecule has 0 atom stereocenters. The maximum atomic E-state index is 11.6. The van der Waals surface area contributed by atoms with Gasteiger partial charge < -0.3 is 5.32 Å². The van der Waals surface area contributed by atoms with Crippen LogP contribution in [0.5, 0.6) is 0 Å². The summed E-state index contributed by atoms with van der Waals surface area (Å²) in [5.74, 6) is 0.387. The number of rotatable bonds is 3. The Labute approximate surface area is 100 Å². The second-order valence-corrected chi connectivity index (χ2v) is 4.41. The minimum Gasteiger partial charge on any atom is -0.326 e. The van der Waals surface area contributed by atoms with Gasteiger partial charge in [-0.25, -0.2) is 0 Å². The largest absolute Gasteiger partial charge is 0.326 e. The van der Waals surface area contributed by atoms with Gasteiger partial charge in [0.15, 0.2) is 0 Å². The molecule has 1 aromatic carbocycles. The molecule has 4 nitrogen and oxygen atoms in total. The van der Waals surface area contributed by atoms with Gasteiger partial charge in [-0.1, -0.05) is 13.8 Å². The van der Waals surface area contributed by atoms with Gasteiger partial charge in [0.2, 0.25) is 5.91 Å². The second kappa shape index (κ2) is 4.91. The van der Waals surface area contributed by atoms with Gasteiger partial charge in [-0.3, -0.25) is 14.8 Å². The minimum atomic E-state index is 0.0308. The molecular weight excluding hydrogens is 214 g/mol. The Morgan fingerprint density at radius 3 is 2.65 bits per heavy atom. The number of amides is 1. The molecule has 0 saturated carbocycles. The van der Waals surface area contributed by atoms with Crippen molar-refractivity contribution in [1.29, 1.82) is 0 Å². The Morgan fingerprint density at radius 2 is 1.94 bits per heavy atom. The molecule has 0 saturated heterocycles. The number of benzene rings is 1. The van der Waals surface area contributed by atoms with E-state index < -0.39 is 0 Å². The van der Waals surface area contributed by atoms with Gasteiger partial charge in [0, 0.05) is 24.5 Å². The highest BCUT2D eigenvalue weighted by molar-refractivity contribution is 5.92. The van der Waals surface area contributed by atoms with Crippen LogP contribution in [0.4, 0.5) is 5.69 Å². The molecule has 1 heterocycles. The number of hydrogen-bond donors (Lipinski definition) is 1. The van der Waals surface area contributed by atoms with E-state index in [2.05, 4.69) is 15.3 Å². The molecule has 4 heteroatoms. The Kier molecular flexibility index (Phi) is 3.32. The topological polar surface area (TPSA) is 54.9 Å². The number of fused-ring (bicyclic) bond motifs is 1. The summed E-state index contributed by atoms with van der Waals surface area (Å²) in [5, 5.41) is 2.86. The average Bonchev–Trinajstić information content (AvgIpc) is 2.27. The summed E-state index contributed by atoms with van der Waals surface area (Å²) in [7, 11) is 0. The van der Waals surface area contributed by atoms with Crippen LogP contribution in [0.3, 0.4) is 0 Å². The predicted molar refractivity (Wildman–Crippen MR) is 67.6 cm³/mol. The average molecular weight is 229 g/mol. The summed E-state index contributed by atoms with van der Waals surface area (Å²) in [6.07, 6.45) is 3.82. The molecule has 1 amide bonds. The third-order valence-electron chi connectivity index (χ3n) is 2.35. The van der Waals surface area contributed by atoms with E-state index in [1.54, 1.807) is 12.4 Å². The van der Waals surface area contributed by atoms with E-state index in [9.17, 15) is 4.79 Å². The monoisotopic (exact) mass is 229 g/mol. The lowest BCUT2D eigenvalue weighted by atomic mass is 10.1. The van der Waals surface area contributed by atoms with Crippen molar-refractivity contribution in [2.24, 2.45) is 5.92 Å². The van der Waals surface area contributed by atoms with E-state index in [4.69, 9.17) is 0 Å². The van der Waals surface area contributed by atoms with Crippen molar-refractivity contribution < 1.29 is 4.79 Å². The van der Waals surface area contributed by atoms with Gasteiger partial charge in [-0.05, 0) is 24.1 Å². The van der Waals surface area contributed by atoms with Crippen LogP contribution in [-0.2, 0) is 4.79 Å². The summed E-state index contributed by atoms with van der Waals surface area (Å²) < 4.78 is 0. The number of aromatic nitrogens is 2. The maximum Gasteiger partial charge on any atom is 0.224 e. The zero-order valence-corrected chi connectivity index (χ0v) is 9.97. The summed E-state index contributed by atoms with van der Waals surface area (Å²) in [5.41, 5.74) is 2.38. The van der Waals surface area contributed by atoms with Crippen molar-refractivity contribution in [1.82, 2.24) is 9.97 Å². The fraction of sp³-hybridized carbons (Fsp3) is 0.308. The molecule has 0 fully saturated rings. The van der Waals surface area contributed by atoms with Gasteiger partial charge in [0.05, 0.1) is 11.0 Å². The number of hydrogen-bond acceptors (Lipinski definition) is 3. The van der Waals surface area contributed by atoms with Crippen LogP contribution in [0.1, 0.15) is 20.3 Å². The molecule has 0 spiro atoms. The van der Waals surface area contributed by atoms with Crippen LogP contribution in [0, 0.1) is 5.92 Å². The maximum absolute atomic E-state index is 11.6. The molecular formula is C13H15N3O. The summed E-state index contributed by atoms with van der Waals surface area (Å²) in [4.78, 5) is 20.0. The fourth-order valence-electron chi connectivity index (χ4n) is 1.62. The smallest absolute Gasteiger partial charge is 0.224 e. The van der Waals surface area contributed by atoms with Gasteiger partial charge in [0.25, 0.3) is 0 Å². The van der Waals surface area contributed by atoms with Crippen molar-refractivity contribution in [2.45, 2.75) is 20.3 Å². The highest BCUT2D eigenvalue weighted by atomic mass is 16.1. The molecule has 0 aliphatic rings. The van der Waals surface area contributed by atoms with E-state index >= 15 is 0 Å². The van der Waals surface area contributed by atoms with Crippen LogP contribution in [0.2, 0.25) is 0 Å². The van der Waals surface area contributed by atoms with E-state index in [-0.39, 0.29) is 5.91 Å².